The van der Waals surface area contributed by atoms with Gasteiger partial charge in [0.25, 0.3) is 5.90 Å². The Bertz CT molecular complexity index is 411. The second-order valence-electron chi connectivity index (χ2n) is 6.25. The van der Waals surface area contributed by atoms with E-state index >= 15 is 0 Å². The third-order valence-corrected chi connectivity index (χ3v) is 1.83. The van der Waals surface area contributed by atoms with E-state index in [9.17, 15) is 4.79 Å². The number of nitrogens with zero attached hydrogens (tertiary/aromatic N) is 2. The number of allylic oxidation sites excluding steroid dienone is 1. The minimum Gasteiger partial charge on any atom is -0.467 e. The first-order chi connectivity index (χ1) is 8.57. The van der Waals surface area contributed by atoms with Crippen molar-refractivity contribution in [3.05, 3.63) is 12.2 Å². The molecule has 1 heterocycles. The van der Waals surface area contributed by atoms with Crippen molar-refractivity contribution < 1.29 is 14.3 Å². The van der Waals surface area contributed by atoms with Crippen LogP contribution in [0.2, 0.25) is 0 Å². The molecule has 0 N–H and O–H groups in total. The van der Waals surface area contributed by atoms with Crippen LogP contribution < -0.4 is 0 Å². The molecule has 0 aliphatic carbocycles. The maximum atomic E-state index is 12.1. The molecule has 0 aromatic carbocycles. The lowest BCUT2D eigenvalue weighted by molar-refractivity contribution is -0.149. The van der Waals surface area contributed by atoms with Crippen LogP contribution in [0.25, 0.3) is 0 Å². The zero-order chi connectivity index (χ0) is 14.7. The van der Waals surface area contributed by atoms with E-state index < -0.39 is 23.3 Å². The summed E-state index contributed by atoms with van der Waals surface area (Å²) in [6, 6.07) is 0. The molecule has 0 spiro atoms. The van der Waals surface area contributed by atoms with E-state index in [1.807, 2.05) is 20.8 Å². The Labute approximate surface area is 114 Å². The zero-order valence-electron chi connectivity index (χ0n) is 12.4. The predicted octanol–water partition coefficient (Wildman–Crippen LogP) is 2.51. The van der Waals surface area contributed by atoms with E-state index in [2.05, 4.69) is 9.98 Å². The lowest BCUT2D eigenvalue weighted by Crippen LogP contribution is -2.35. The molecule has 0 saturated carbocycles. The normalized spacial score (nSPS) is 19.7. The van der Waals surface area contributed by atoms with E-state index in [-0.39, 0.29) is 5.90 Å². The SMILES string of the molecule is CC(C)(C)OC(=O)/C(=N\C1C=CC=N1)OC(C)(C)C. The van der Waals surface area contributed by atoms with Crippen LogP contribution in [-0.4, -0.2) is 35.4 Å². The van der Waals surface area contributed by atoms with Crippen LogP contribution in [0.15, 0.2) is 22.1 Å². The largest absolute Gasteiger partial charge is 0.467 e. The molecule has 0 fully saturated rings. The Balaban J connectivity index is 2.89. The highest BCUT2D eigenvalue weighted by atomic mass is 16.6. The van der Waals surface area contributed by atoms with E-state index in [4.69, 9.17) is 9.47 Å². The van der Waals surface area contributed by atoms with Gasteiger partial charge in [0.2, 0.25) is 0 Å². The van der Waals surface area contributed by atoms with Crippen LogP contribution in [0.3, 0.4) is 0 Å². The van der Waals surface area contributed by atoms with Gasteiger partial charge in [-0.05, 0) is 53.7 Å². The van der Waals surface area contributed by atoms with Gasteiger partial charge >= 0.3 is 5.97 Å². The van der Waals surface area contributed by atoms with Crippen LogP contribution >= 0.6 is 0 Å². The van der Waals surface area contributed by atoms with E-state index in [0.717, 1.165) is 0 Å². The fourth-order valence-corrected chi connectivity index (χ4v) is 1.27. The molecule has 1 unspecified atom stereocenters. The van der Waals surface area contributed by atoms with Gasteiger partial charge in [-0.1, -0.05) is 0 Å². The van der Waals surface area contributed by atoms with Crippen molar-refractivity contribution in [3.8, 4) is 0 Å². The van der Waals surface area contributed by atoms with Crippen molar-refractivity contribution in [2.45, 2.75) is 58.9 Å². The van der Waals surface area contributed by atoms with Gasteiger partial charge in [-0.15, -0.1) is 0 Å². The fraction of sp³-hybridized carbons (Fsp3) is 0.643. The summed E-state index contributed by atoms with van der Waals surface area (Å²) in [4.78, 5) is 20.3. The molecule has 0 aromatic heterocycles. The molecular weight excluding hydrogens is 244 g/mol. The molecule has 0 radical (unpaired) electrons. The first kappa shape index (κ1) is 15.4. The number of carbonyl (C=O) groups excluding carboxylic acids is 1. The highest BCUT2D eigenvalue weighted by Crippen LogP contribution is 2.14. The van der Waals surface area contributed by atoms with Crippen LogP contribution in [-0.2, 0) is 14.3 Å². The molecule has 5 nitrogen and oxygen atoms in total. The molecule has 1 atom stereocenters. The smallest absolute Gasteiger partial charge is 0.394 e. The van der Waals surface area contributed by atoms with Crippen molar-refractivity contribution in [1.29, 1.82) is 0 Å². The average molecular weight is 266 g/mol. The highest BCUT2D eigenvalue weighted by molar-refractivity contribution is 6.32. The minimum atomic E-state index is -0.589. The number of rotatable bonds is 1. The van der Waals surface area contributed by atoms with Gasteiger partial charge in [0.15, 0.2) is 6.17 Å². The van der Waals surface area contributed by atoms with Gasteiger partial charge in [-0.3, -0.25) is 4.99 Å². The van der Waals surface area contributed by atoms with Gasteiger partial charge in [-0.2, -0.15) is 0 Å². The molecule has 0 saturated heterocycles. The molecule has 0 amide bonds. The monoisotopic (exact) mass is 266 g/mol. The number of ether oxygens (including phenoxy) is 2. The predicted molar refractivity (Wildman–Crippen MR) is 75.5 cm³/mol. The first-order valence-corrected chi connectivity index (χ1v) is 6.27. The van der Waals surface area contributed by atoms with Crippen LogP contribution in [0.4, 0.5) is 0 Å². The summed E-state index contributed by atoms with van der Waals surface area (Å²) in [6.07, 6.45) is 4.77. The van der Waals surface area contributed by atoms with E-state index in [1.165, 1.54) is 0 Å². The molecule has 1 rings (SSSR count). The average Bonchev–Trinajstić information content (AvgIpc) is 2.64. The van der Waals surface area contributed by atoms with Gasteiger partial charge in [-0.25, -0.2) is 9.79 Å². The van der Waals surface area contributed by atoms with Crippen molar-refractivity contribution >= 4 is 18.1 Å². The standard InChI is InChI=1S/C14H22N2O3/c1-13(2,3)18-11(12(17)19-14(4,5)6)16-10-8-7-9-15-10/h7-10H,1-6H3/b16-11+. The topological polar surface area (TPSA) is 60.2 Å². The maximum absolute atomic E-state index is 12.1. The van der Waals surface area contributed by atoms with Crippen molar-refractivity contribution in [2.75, 3.05) is 0 Å². The zero-order valence-corrected chi connectivity index (χ0v) is 12.4. The molecule has 1 aliphatic rings. The summed E-state index contributed by atoms with van der Waals surface area (Å²) in [5.74, 6) is -0.617. The molecule has 0 bridgehead atoms. The Morgan fingerprint density at radius 2 is 1.68 bits per heavy atom. The van der Waals surface area contributed by atoms with Crippen molar-refractivity contribution in [1.82, 2.24) is 0 Å². The number of carbonyl (C=O) groups is 1. The number of aliphatic imine (C=N–C) groups is 2. The third kappa shape index (κ3) is 6.18. The number of hydrogen-bond acceptors (Lipinski definition) is 5. The summed E-state index contributed by atoms with van der Waals surface area (Å²) in [6.45, 7) is 10.9. The van der Waals surface area contributed by atoms with Crippen molar-refractivity contribution in [3.63, 3.8) is 0 Å². The van der Waals surface area contributed by atoms with Gasteiger partial charge < -0.3 is 9.47 Å². The second kappa shape index (κ2) is 5.55. The maximum Gasteiger partial charge on any atom is 0.394 e. The summed E-state index contributed by atoms with van der Waals surface area (Å²) >= 11 is 0. The lowest BCUT2D eigenvalue weighted by Gasteiger charge is -2.25. The molecular formula is C14H22N2O3. The Kier molecular flexibility index (Phi) is 4.50. The second-order valence-corrected chi connectivity index (χ2v) is 6.25. The highest BCUT2D eigenvalue weighted by Gasteiger charge is 2.27. The Hall–Kier alpha value is -1.65. The molecule has 0 aromatic rings. The summed E-state index contributed by atoms with van der Waals surface area (Å²) in [7, 11) is 0. The lowest BCUT2D eigenvalue weighted by atomic mass is 10.2. The van der Waals surface area contributed by atoms with E-state index in [0.29, 0.717) is 0 Å². The molecule has 1 aliphatic heterocycles. The summed E-state index contributed by atoms with van der Waals surface area (Å²) in [5, 5.41) is 0. The minimum absolute atomic E-state index is 0.0453. The number of esters is 1. The van der Waals surface area contributed by atoms with Crippen LogP contribution in [0.5, 0.6) is 0 Å². The van der Waals surface area contributed by atoms with Gasteiger partial charge in [0.1, 0.15) is 11.2 Å². The summed E-state index contributed by atoms with van der Waals surface area (Å²) < 4.78 is 10.9. The first-order valence-electron chi connectivity index (χ1n) is 6.27. The number of hydrogen-bond donors (Lipinski definition) is 0. The Morgan fingerprint density at radius 1 is 1.11 bits per heavy atom. The quantitative estimate of drug-likeness (QED) is 0.416. The molecule has 106 valence electrons. The van der Waals surface area contributed by atoms with Crippen LogP contribution in [0.1, 0.15) is 41.5 Å². The Morgan fingerprint density at radius 3 is 2.11 bits per heavy atom. The van der Waals surface area contributed by atoms with Crippen LogP contribution in [0, 0.1) is 0 Å². The van der Waals surface area contributed by atoms with Crippen molar-refractivity contribution in [2.24, 2.45) is 9.98 Å². The van der Waals surface area contributed by atoms with Gasteiger partial charge in [0, 0.05) is 6.21 Å². The third-order valence-electron chi connectivity index (χ3n) is 1.83. The van der Waals surface area contributed by atoms with E-state index in [1.54, 1.807) is 39.1 Å². The van der Waals surface area contributed by atoms with Gasteiger partial charge in [0.05, 0.1) is 0 Å². The summed E-state index contributed by atoms with van der Waals surface area (Å²) in [5.41, 5.74) is -1.12. The molecule has 5 heteroatoms. The molecule has 19 heavy (non-hydrogen) atoms. The fourth-order valence-electron chi connectivity index (χ4n) is 1.27.